The summed E-state index contributed by atoms with van der Waals surface area (Å²) >= 11 is 0. The maximum atomic E-state index is 5.43. The van der Waals surface area contributed by atoms with Crippen LogP contribution in [-0.2, 0) is 6.42 Å². The summed E-state index contributed by atoms with van der Waals surface area (Å²) in [5.41, 5.74) is 2.07. The molecule has 1 N–H and O–H groups in total. The summed E-state index contributed by atoms with van der Waals surface area (Å²) in [6.07, 6.45) is 2.55. The fraction of sp³-hybridized carbons (Fsp3) is 0.385. The summed E-state index contributed by atoms with van der Waals surface area (Å²) < 4.78 is 5.43. The van der Waals surface area contributed by atoms with E-state index in [0.717, 1.165) is 35.8 Å². The average Bonchev–Trinajstić information content (AvgIpc) is 2.75. The molecule has 0 saturated heterocycles. The molecule has 0 aromatic carbocycles. The zero-order chi connectivity index (χ0) is 12.3. The molecular formula is C13H17N3O. The van der Waals surface area contributed by atoms with Gasteiger partial charge in [-0.15, -0.1) is 0 Å². The Labute approximate surface area is 101 Å². The van der Waals surface area contributed by atoms with E-state index in [1.54, 1.807) is 6.26 Å². The molecule has 4 nitrogen and oxygen atoms in total. The Morgan fingerprint density at radius 2 is 2.12 bits per heavy atom. The third-order valence-electron chi connectivity index (χ3n) is 2.56. The molecule has 90 valence electrons. The molecule has 0 amide bonds. The fourth-order valence-electron chi connectivity index (χ4n) is 1.65. The molecule has 0 aliphatic carbocycles. The van der Waals surface area contributed by atoms with Crippen molar-refractivity contribution < 1.29 is 4.42 Å². The topological polar surface area (TPSA) is 51.0 Å². The van der Waals surface area contributed by atoms with Gasteiger partial charge in [0.1, 0.15) is 5.82 Å². The molecule has 0 radical (unpaired) electrons. The number of rotatable bonds is 4. The van der Waals surface area contributed by atoms with E-state index in [1.807, 2.05) is 26.0 Å². The van der Waals surface area contributed by atoms with E-state index in [4.69, 9.17) is 4.42 Å². The Morgan fingerprint density at radius 1 is 1.29 bits per heavy atom. The monoisotopic (exact) mass is 231 g/mol. The van der Waals surface area contributed by atoms with Crippen molar-refractivity contribution in [2.24, 2.45) is 0 Å². The number of aryl methyl sites for hydroxylation is 2. The zero-order valence-corrected chi connectivity index (χ0v) is 10.4. The average molecular weight is 231 g/mol. The molecule has 2 heterocycles. The molecule has 2 rings (SSSR count). The fourth-order valence-corrected chi connectivity index (χ4v) is 1.65. The van der Waals surface area contributed by atoms with E-state index >= 15 is 0 Å². The van der Waals surface area contributed by atoms with Gasteiger partial charge in [-0.1, -0.05) is 6.92 Å². The third-order valence-corrected chi connectivity index (χ3v) is 2.56. The Hall–Kier alpha value is -1.84. The van der Waals surface area contributed by atoms with E-state index in [1.165, 1.54) is 0 Å². The van der Waals surface area contributed by atoms with Gasteiger partial charge >= 0.3 is 0 Å². The van der Waals surface area contributed by atoms with E-state index in [-0.39, 0.29) is 0 Å². The third kappa shape index (κ3) is 2.46. The number of aromatic nitrogens is 2. The Bertz CT molecular complexity index is 505. The van der Waals surface area contributed by atoms with Gasteiger partial charge in [0.05, 0.1) is 6.26 Å². The van der Waals surface area contributed by atoms with Crippen LogP contribution < -0.4 is 5.32 Å². The van der Waals surface area contributed by atoms with Gasteiger partial charge in [0.2, 0.25) is 0 Å². The van der Waals surface area contributed by atoms with Gasteiger partial charge in [-0.25, -0.2) is 9.97 Å². The van der Waals surface area contributed by atoms with E-state index in [9.17, 15) is 0 Å². The quantitative estimate of drug-likeness (QED) is 0.878. The van der Waals surface area contributed by atoms with E-state index in [0.29, 0.717) is 5.82 Å². The van der Waals surface area contributed by atoms with Crippen LogP contribution in [0.1, 0.15) is 25.1 Å². The van der Waals surface area contributed by atoms with Crippen LogP contribution >= 0.6 is 0 Å². The van der Waals surface area contributed by atoms with Crippen LogP contribution in [0, 0.1) is 6.92 Å². The number of hydrogen-bond donors (Lipinski definition) is 1. The summed E-state index contributed by atoms with van der Waals surface area (Å²) in [4.78, 5) is 8.95. The van der Waals surface area contributed by atoms with Crippen molar-refractivity contribution in [3.63, 3.8) is 0 Å². The number of nitrogens with one attached hydrogen (secondary N) is 1. The minimum atomic E-state index is 0.655. The van der Waals surface area contributed by atoms with Crippen molar-refractivity contribution >= 4 is 5.82 Å². The second kappa shape index (κ2) is 4.99. The largest absolute Gasteiger partial charge is 0.461 e. The summed E-state index contributed by atoms with van der Waals surface area (Å²) in [7, 11) is 0. The van der Waals surface area contributed by atoms with Crippen molar-refractivity contribution in [2.45, 2.75) is 27.2 Å². The molecule has 0 saturated carbocycles. The van der Waals surface area contributed by atoms with Crippen LogP contribution in [0.4, 0.5) is 5.82 Å². The smallest absolute Gasteiger partial charge is 0.198 e. The first-order chi connectivity index (χ1) is 8.24. The highest BCUT2D eigenvalue weighted by Gasteiger charge is 2.11. The number of nitrogens with zero attached hydrogens (tertiary/aromatic N) is 2. The summed E-state index contributed by atoms with van der Waals surface area (Å²) in [5.74, 6) is 2.26. The summed E-state index contributed by atoms with van der Waals surface area (Å²) in [6.45, 7) is 6.97. The normalized spacial score (nSPS) is 10.5. The van der Waals surface area contributed by atoms with Crippen molar-refractivity contribution in [2.75, 3.05) is 11.9 Å². The minimum Gasteiger partial charge on any atom is -0.461 e. The maximum Gasteiger partial charge on any atom is 0.198 e. The molecule has 0 aliphatic heterocycles. The standard InChI is InChI=1S/C13H17N3O/c1-4-10-8-11(14-5-2)16-13(15-10)12-9(3)6-7-17-12/h6-8H,4-5H2,1-3H3,(H,14,15,16). The van der Waals surface area contributed by atoms with Gasteiger partial charge in [0.15, 0.2) is 11.6 Å². The Kier molecular flexibility index (Phi) is 3.42. The number of anilines is 1. The molecule has 17 heavy (non-hydrogen) atoms. The van der Waals surface area contributed by atoms with Crippen LogP contribution in [0.5, 0.6) is 0 Å². The van der Waals surface area contributed by atoms with Gasteiger partial charge < -0.3 is 9.73 Å². The van der Waals surface area contributed by atoms with Crippen LogP contribution in [0.3, 0.4) is 0 Å². The van der Waals surface area contributed by atoms with Crippen LogP contribution in [-0.4, -0.2) is 16.5 Å². The predicted molar refractivity (Wildman–Crippen MR) is 68.0 cm³/mol. The van der Waals surface area contributed by atoms with Crippen LogP contribution in [0.25, 0.3) is 11.6 Å². The van der Waals surface area contributed by atoms with Gasteiger partial charge in [0.25, 0.3) is 0 Å². The summed E-state index contributed by atoms with van der Waals surface area (Å²) in [6, 6.07) is 3.90. The molecule has 2 aromatic rings. The highest BCUT2D eigenvalue weighted by atomic mass is 16.3. The molecule has 0 spiro atoms. The van der Waals surface area contributed by atoms with Crippen molar-refractivity contribution in [3.05, 3.63) is 29.7 Å². The molecule has 0 bridgehead atoms. The lowest BCUT2D eigenvalue weighted by Gasteiger charge is -2.07. The minimum absolute atomic E-state index is 0.655. The summed E-state index contributed by atoms with van der Waals surface area (Å²) in [5, 5.41) is 3.21. The lowest BCUT2D eigenvalue weighted by atomic mass is 10.2. The lowest BCUT2D eigenvalue weighted by molar-refractivity contribution is 0.575. The second-order valence-corrected chi connectivity index (χ2v) is 3.88. The van der Waals surface area contributed by atoms with Gasteiger partial charge in [-0.2, -0.15) is 0 Å². The molecular weight excluding hydrogens is 214 g/mol. The predicted octanol–water partition coefficient (Wildman–Crippen LogP) is 3.04. The molecule has 0 aliphatic rings. The van der Waals surface area contributed by atoms with Gasteiger partial charge in [-0.3, -0.25) is 0 Å². The van der Waals surface area contributed by atoms with Crippen molar-refractivity contribution in [1.29, 1.82) is 0 Å². The lowest BCUT2D eigenvalue weighted by Crippen LogP contribution is -2.03. The molecule has 2 aromatic heterocycles. The van der Waals surface area contributed by atoms with Gasteiger partial charge in [0, 0.05) is 18.3 Å². The highest BCUT2D eigenvalue weighted by Crippen LogP contribution is 2.22. The maximum absolute atomic E-state index is 5.43. The van der Waals surface area contributed by atoms with Crippen molar-refractivity contribution in [3.8, 4) is 11.6 Å². The zero-order valence-electron chi connectivity index (χ0n) is 10.4. The number of furan rings is 1. The van der Waals surface area contributed by atoms with Crippen molar-refractivity contribution in [1.82, 2.24) is 9.97 Å². The van der Waals surface area contributed by atoms with Crippen LogP contribution in [0.15, 0.2) is 22.8 Å². The molecule has 0 unspecified atom stereocenters. The van der Waals surface area contributed by atoms with Gasteiger partial charge in [-0.05, 0) is 31.9 Å². The van der Waals surface area contributed by atoms with E-state index < -0.39 is 0 Å². The van der Waals surface area contributed by atoms with Crippen LogP contribution in [0.2, 0.25) is 0 Å². The van der Waals surface area contributed by atoms with E-state index in [2.05, 4.69) is 22.2 Å². The first kappa shape index (κ1) is 11.6. The highest BCUT2D eigenvalue weighted by molar-refractivity contribution is 5.55. The molecule has 0 atom stereocenters. The SMILES string of the molecule is CCNc1cc(CC)nc(-c2occc2C)n1. The Balaban J connectivity index is 2.46. The first-order valence-electron chi connectivity index (χ1n) is 5.90. The molecule has 4 heteroatoms. The number of hydrogen-bond acceptors (Lipinski definition) is 4. The first-order valence-corrected chi connectivity index (χ1v) is 5.90. The molecule has 0 fully saturated rings. The Morgan fingerprint density at radius 3 is 2.71 bits per heavy atom. The second-order valence-electron chi connectivity index (χ2n) is 3.88.